The average molecular weight is 292 g/mol. The average Bonchev–Trinajstić information content (AvgIpc) is 3.00. The van der Waals surface area contributed by atoms with Crippen LogP contribution in [-0.2, 0) is 6.54 Å². The van der Waals surface area contributed by atoms with Gasteiger partial charge in [-0.1, -0.05) is 13.8 Å². The van der Waals surface area contributed by atoms with Gasteiger partial charge in [-0.3, -0.25) is 0 Å². The van der Waals surface area contributed by atoms with E-state index in [1.54, 1.807) is 22.7 Å². The molecule has 0 saturated heterocycles. The van der Waals surface area contributed by atoms with Gasteiger partial charge < -0.3 is 9.73 Å². The summed E-state index contributed by atoms with van der Waals surface area (Å²) in [6.45, 7) is 6.15. The first-order valence-corrected chi connectivity index (χ1v) is 8.04. The topological polar surface area (TPSA) is 38.1 Å². The number of fused-ring (bicyclic) bond motifs is 1. The van der Waals surface area contributed by atoms with Crippen LogP contribution in [0.2, 0.25) is 0 Å². The third kappa shape index (κ3) is 2.73. The zero-order chi connectivity index (χ0) is 13.2. The monoisotopic (exact) mass is 292 g/mol. The van der Waals surface area contributed by atoms with Gasteiger partial charge in [0.1, 0.15) is 5.69 Å². The number of thiophene rings is 2. The first-order chi connectivity index (χ1) is 9.24. The molecule has 0 atom stereocenters. The van der Waals surface area contributed by atoms with Gasteiger partial charge in [0.25, 0.3) is 0 Å². The Kier molecular flexibility index (Phi) is 3.68. The minimum absolute atomic E-state index is 0.641. The van der Waals surface area contributed by atoms with Gasteiger partial charge in [0.05, 0.1) is 4.88 Å². The van der Waals surface area contributed by atoms with Crippen LogP contribution in [-0.4, -0.2) is 11.5 Å². The molecule has 0 aliphatic heterocycles. The van der Waals surface area contributed by atoms with Gasteiger partial charge in [-0.2, -0.15) is 0 Å². The van der Waals surface area contributed by atoms with E-state index < -0.39 is 0 Å². The highest BCUT2D eigenvalue weighted by Crippen LogP contribution is 2.37. The van der Waals surface area contributed by atoms with Gasteiger partial charge in [-0.05, 0) is 30.0 Å². The van der Waals surface area contributed by atoms with Gasteiger partial charge in [-0.15, -0.1) is 22.7 Å². The Balaban J connectivity index is 1.81. The van der Waals surface area contributed by atoms with Crippen molar-refractivity contribution in [1.29, 1.82) is 0 Å². The summed E-state index contributed by atoms with van der Waals surface area (Å²) in [5.41, 5.74) is 0.995. The maximum Gasteiger partial charge on any atom is 0.181 e. The Morgan fingerprint density at radius 1 is 1.37 bits per heavy atom. The Bertz CT molecular complexity index is 637. The molecule has 0 radical (unpaired) electrons. The highest BCUT2D eigenvalue weighted by molar-refractivity contribution is 7.28. The molecule has 0 saturated carbocycles. The summed E-state index contributed by atoms with van der Waals surface area (Å²) in [5.74, 6) is 1.55. The van der Waals surface area contributed by atoms with Crippen LogP contribution in [0.25, 0.3) is 20.0 Å². The van der Waals surface area contributed by atoms with Crippen molar-refractivity contribution in [2.24, 2.45) is 5.92 Å². The highest BCUT2D eigenvalue weighted by Gasteiger charge is 2.14. The SMILES string of the molecule is CC(C)CNCc1ncoc1-c1cc2sccc2s1. The van der Waals surface area contributed by atoms with Crippen molar-refractivity contribution in [1.82, 2.24) is 10.3 Å². The summed E-state index contributed by atoms with van der Waals surface area (Å²) >= 11 is 3.53. The minimum Gasteiger partial charge on any atom is -0.442 e. The zero-order valence-electron chi connectivity index (χ0n) is 11.0. The van der Waals surface area contributed by atoms with Crippen LogP contribution >= 0.6 is 22.7 Å². The summed E-state index contributed by atoms with van der Waals surface area (Å²) in [4.78, 5) is 5.49. The fourth-order valence-electron chi connectivity index (χ4n) is 1.95. The molecule has 3 rings (SSSR count). The second kappa shape index (κ2) is 5.45. The molecule has 0 aliphatic rings. The quantitative estimate of drug-likeness (QED) is 0.759. The Hall–Kier alpha value is -1.17. The van der Waals surface area contributed by atoms with Crippen molar-refractivity contribution in [3.05, 3.63) is 29.6 Å². The molecule has 19 heavy (non-hydrogen) atoms. The third-order valence-corrected chi connectivity index (χ3v) is 4.94. The van der Waals surface area contributed by atoms with E-state index >= 15 is 0 Å². The Morgan fingerprint density at radius 3 is 3.05 bits per heavy atom. The van der Waals surface area contributed by atoms with Gasteiger partial charge >= 0.3 is 0 Å². The summed E-state index contributed by atoms with van der Waals surface area (Å²) in [6, 6.07) is 4.35. The van der Waals surface area contributed by atoms with Crippen LogP contribution in [0.5, 0.6) is 0 Å². The molecule has 0 aromatic carbocycles. The van der Waals surface area contributed by atoms with Gasteiger partial charge in [-0.25, -0.2) is 4.98 Å². The van der Waals surface area contributed by atoms with Gasteiger partial charge in [0.15, 0.2) is 12.2 Å². The molecule has 3 heterocycles. The van der Waals surface area contributed by atoms with E-state index in [-0.39, 0.29) is 0 Å². The van der Waals surface area contributed by atoms with E-state index in [0.29, 0.717) is 5.92 Å². The normalized spacial score (nSPS) is 11.7. The van der Waals surface area contributed by atoms with E-state index in [2.05, 4.69) is 41.7 Å². The third-order valence-electron chi connectivity index (χ3n) is 2.85. The van der Waals surface area contributed by atoms with Gasteiger partial charge in [0.2, 0.25) is 0 Å². The largest absolute Gasteiger partial charge is 0.442 e. The van der Waals surface area contributed by atoms with E-state index in [1.165, 1.54) is 20.7 Å². The number of hydrogen-bond acceptors (Lipinski definition) is 5. The van der Waals surface area contributed by atoms with Crippen molar-refractivity contribution >= 4 is 32.1 Å². The number of hydrogen-bond donors (Lipinski definition) is 1. The number of oxazole rings is 1. The van der Waals surface area contributed by atoms with E-state index in [4.69, 9.17) is 4.42 Å². The molecule has 0 unspecified atom stereocenters. The highest BCUT2D eigenvalue weighted by atomic mass is 32.1. The van der Waals surface area contributed by atoms with E-state index in [0.717, 1.165) is 24.5 Å². The molecular formula is C14H16N2OS2. The van der Waals surface area contributed by atoms with Crippen LogP contribution in [0.4, 0.5) is 0 Å². The van der Waals surface area contributed by atoms with Crippen molar-refractivity contribution in [3.8, 4) is 10.6 Å². The maximum absolute atomic E-state index is 5.57. The summed E-state index contributed by atoms with van der Waals surface area (Å²) in [7, 11) is 0. The van der Waals surface area contributed by atoms with Crippen molar-refractivity contribution in [3.63, 3.8) is 0 Å². The first kappa shape index (κ1) is 12.8. The predicted octanol–water partition coefficient (Wildman–Crippen LogP) is 4.36. The first-order valence-electron chi connectivity index (χ1n) is 6.34. The smallest absolute Gasteiger partial charge is 0.181 e. The molecule has 1 N–H and O–H groups in total. The van der Waals surface area contributed by atoms with Crippen LogP contribution in [0.15, 0.2) is 28.3 Å². The lowest BCUT2D eigenvalue weighted by atomic mass is 10.2. The van der Waals surface area contributed by atoms with Crippen LogP contribution < -0.4 is 5.32 Å². The summed E-state index contributed by atoms with van der Waals surface area (Å²) in [5, 5.41) is 5.53. The second-order valence-electron chi connectivity index (χ2n) is 4.91. The standard InChI is InChI=1S/C14H16N2OS2/c1-9(2)6-15-7-10-14(17-8-16-10)13-5-12-11(19-13)3-4-18-12/h3-5,8-9,15H,6-7H2,1-2H3. The second-order valence-corrected chi connectivity index (χ2v) is 6.94. The molecular weight excluding hydrogens is 276 g/mol. The fraction of sp³-hybridized carbons (Fsp3) is 0.357. The molecule has 3 aromatic heterocycles. The number of nitrogens with zero attached hydrogens (tertiary/aromatic N) is 1. The summed E-state index contributed by atoms with van der Waals surface area (Å²) < 4.78 is 8.21. The van der Waals surface area contributed by atoms with E-state index in [9.17, 15) is 0 Å². The fourth-order valence-corrected chi connectivity index (χ4v) is 4.07. The molecule has 0 aliphatic carbocycles. The lowest BCUT2D eigenvalue weighted by Gasteiger charge is -2.05. The number of aromatic nitrogens is 1. The molecule has 0 spiro atoms. The molecule has 3 aromatic rings. The van der Waals surface area contributed by atoms with Crippen molar-refractivity contribution in [2.75, 3.05) is 6.54 Å². The lowest BCUT2D eigenvalue weighted by Crippen LogP contribution is -2.19. The maximum atomic E-state index is 5.57. The minimum atomic E-state index is 0.641. The predicted molar refractivity (Wildman–Crippen MR) is 81.7 cm³/mol. The summed E-state index contributed by atoms with van der Waals surface area (Å²) in [6.07, 6.45) is 1.54. The van der Waals surface area contributed by atoms with Crippen LogP contribution in [0.1, 0.15) is 19.5 Å². The molecule has 0 fully saturated rings. The number of rotatable bonds is 5. The van der Waals surface area contributed by atoms with Gasteiger partial charge in [0, 0.05) is 15.9 Å². The molecule has 0 bridgehead atoms. The zero-order valence-corrected chi connectivity index (χ0v) is 12.6. The van der Waals surface area contributed by atoms with Crippen molar-refractivity contribution < 1.29 is 4.42 Å². The van der Waals surface area contributed by atoms with Crippen LogP contribution in [0, 0.1) is 5.92 Å². The molecule has 0 amide bonds. The number of nitrogens with one attached hydrogen (secondary N) is 1. The van der Waals surface area contributed by atoms with Crippen molar-refractivity contribution in [2.45, 2.75) is 20.4 Å². The van der Waals surface area contributed by atoms with E-state index in [1.807, 2.05) is 0 Å². The Labute approximate surface area is 120 Å². The molecule has 3 nitrogen and oxygen atoms in total. The molecule has 100 valence electrons. The lowest BCUT2D eigenvalue weighted by molar-refractivity contribution is 0.545. The van der Waals surface area contributed by atoms with Crippen LogP contribution in [0.3, 0.4) is 0 Å². The molecule has 5 heteroatoms. The Morgan fingerprint density at radius 2 is 2.26 bits per heavy atom.